The maximum absolute atomic E-state index is 5.58. The first-order chi connectivity index (χ1) is 8.26. The van der Waals surface area contributed by atoms with Gasteiger partial charge in [-0.3, -0.25) is 0 Å². The molecule has 1 unspecified atom stereocenters. The molecular formula is C14H22N2O. The molecule has 0 spiro atoms. The molecule has 1 saturated heterocycles. The van der Waals surface area contributed by atoms with Crippen molar-refractivity contribution >= 4 is 5.69 Å². The standard InChI is InChI=1S/C14H22N2O/c1-15-10-14(8-9-17-12-14)11-16(2)13-6-4-3-5-7-13/h3-7,15H,8-12H2,1-2H3. The number of para-hydroxylation sites is 1. The van der Waals surface area contributed by atoms with Gasteiger partial charge in [0, 0.05) is 37.8 Å². The summed E-state index contributed by atoms with van der Waals surface area (Å²) in [4.78, 5) is 2.33. The van der Waals surface area contributed by atoms with Gasteiger partial charge in [-0.05, 0) is 25.6 Å². The number of hydrogen-bond acceptors (Lipinski definition) is 3. The largest absolute Gasteiger partial charge is 0.381 e. The summed E-state index contributed by atoms with van der Waals surface area (Å²) >= 11 is 0. The maximum atomic E-state index is 5.58. The van der Waals surface area contributed by atoms with Crippen molar-refractivity contribution in [3.05, 3.63) is 30.3 Å². The topological polar surface area (TPSA) is 24.5 Å². The van der Waals surface area contributed by atoms with Gasteiger partial charge in [0.2, 0.25) is 0 Å². The van der Waals surface area contributed by atoms with Crippen LogP contribution in [-0.2, 0) is 4.74 Å². The van der Waals surface area contributed by atoms with E-state index in [9.17, 15) is 0 Å². The normalized spacial score (nSPS) is 23.9. The van der Waals surface area contributed by atoms with Crippen LogP contribution in [0.3, 0.4) is 0 Å². The molecule has 3 nitrogen and oxygen atoms in total. The molecule has 1 aromatic carbocycles. The van der Waals surface area contributed by atoms with E-state index >= 15 is 0 Å². The monoisotopic (exact) mass is 234 g/mol. The minimum Gasteiger partial charge on any atom is -0.381 e. The number of nitrogens with one attached hydrogen (secondary N) is 1. The molecule has 2 rings (SSSR count). The highest BCUT2D eigenvalue weighted by atomic mass is 16.5. The van der Waals surface area contributed by atoms with E-state index in [0.29, 0.717) is 0 Å². The lowest BCUT2D eigenvalue weighted by molar-refractivity contribution is 0.154. The molecule has 3 heteroatoms. The van der Waals surface area contributed by atoms with Crippen LogP contribution in [0.15, 0.2) is 30.3 Å². The van der Waals surface area contributed by atoms with Crippen LogP contribution in [-0.4, -0.2) is 40.4 Å². The highest BCUT2D eigenvalue weighted by molar-refractivity contribution is 5.45. The summed E-state index contributed by atoms with van der Waals surface area (Å²) in [5.74, 6) is 0. The average molecular weight is 234 g/mol. The molecule has 1 atom stereocenters. The Kier molecular flexibility index (Phi) is 4.02. The summed E-state index contributed by atoms with van der Waals surface area (Å²) in [5, 5.41) is 3.30. The lowest BCUT2D eigenvalue weighted by Crippen LogP contribution is -2.42. The van der Waals surface area contributed by atoms with E-state index < -0.39 is 0 Å². The third kappa shape index (κ3) is 2.99. The maximum Gasteiger partial charge on any atom is 0.0552 e. The lowest BCUT2D eigenvalue weighted by atomic mass is 9.86. The number of anilines is 1. The van der Waals surface area contributed by atoms with Crippen molar-refractivity contribution in [2.24, 2.45) is 5.41 Å². The molecule has 0 bridgehead atoms. The first kappa shape index (κ1) is 12.4. The van der Waals surface area contributed by atoms with Gasteiger partial charge in [0.25, 0.3) is 0 Å². The molecule has 17 heavy (non-hydrogen) atoms. The molecule has 0 radical (unpaired) electrons. The summed E-state index contributed by atoms with van der Waals surface area (Å²) in [6, 6.07) is 10.5. The highest BCUT2D eigenvalue weighted by Crippen LogP contribution is 2.30. The Hall–Kier alpha value is -1.06. The molecule has 1 N–H and O–H groups in total. The average Bonchev–Trinajstić information content (AvgIpc) is 2.79. The third-order valence-electron chi connectivity index (χ3n) is 3.51. The van der Waals surface area contributed by atoms with Gasteiger partial charge >= 0.3 is 0 Å². The summed E-state index contributed by atoms with van der Waals surface area (Å²) in [6.45, 7) is 3.82. The zero-order chi connectivity index (χ0) is 12.1. The molecule has 1 aliphatic rings. The van der Waals surface area contributed by atoms with E-state index in [-0.39, 0.29) is 5.41 Å². The summed E-state index contributed by atoms with van der Waals surface area (Å²) in [7, 11) is 4.17. The van der Waals surface area contributed by atoms with Gasteiger partial charge in [-0.25, -0.2) is 0 Å². The minimum atomic E-state index is 0.263. The van der Waals surface area contributed by atoms with Crippen LogP contribution in [0.5, 0.6) is 0 Å². The van der Waals surface area contributed by atoms with Crippen molar-refractivity contribution in [1.29, 1.82) is 0 Å². The molecule has 0 aliphatic carbocycles. The van der Waals surface area contributed by atoms with Crippen molar-refractivity contribution < 1.29 is 4.74 Å². The summed E-state index contributed by atoms with van der Waals surface area (Å²) < 4.78 is 5.58. The molecule has 94 valence electrons. The summed E-state index contributed by atoms with van der Waals surface area (Å²) in [6.07, 6.45) is 1.14. The fourth-order valence-electron chi connectivity index (χ4n) is 2.62. The zero-order valence-corrected chi connectivity index (χ0v) is 10.8. The van der Waals surface area contributed by atoms with E-state index in [4.69, 9.17) is 4.74 Å². The Bertz CT molecular complexity index is 333. The van der Waals surface area contributed by atoms with E-state index in [0.717, 1.165) is 32.7 Å². The molecule has 0 saturated carbocycles. The number of ether oxygens (including phenoxy) is 1. The Balaban J connectivity index is 2.03. The SMILES string of the molecule is CNCC1(CN(C)c2ccccc2)CCOC1. The lowest BCUT2D eigenvalue weighted by Gasteiger charge is -2.33. The number of hydrogen-bond donors (Lipinski definition) is 1. The van der Waals surface area contributed by atoms with Crippen molar-refractivity contribution in [2.75, 3.05) is 45.3 Å². The number of nitrogens with zero attached hydrogens (tertiary/aromatic N) is 1. The second kappa shape index (κ2) is 5.52. The Morgan fingerprint density at radius 2 is 2.12 bits per heavy atom. The first-order valence-electron chi connectivity index (χ1n) is 6.24. The van der Waals surface area contributed by atoms with Crippen LogP contribution in [0.1, 0.15) is 6.42 Å². The fraction of sp³-hybridized carbons (Fsp3) is 0.571. The van der Waals surface area contributed by atoms with E-state index in [1.54, 1.807) is 0 Å². The van der Waals surface area contributed by atoms with Crippen LogP contribution in [0, 0.1) is 5.41 Å². The predicted octanol–water partition coefficient (Wildman–Crippen LogP) is 1.75. The molecule has 0 amide bonds. The van der Waals surface area contributed by atoms with Gasteiger partial charge in [-0.15, -0.1) is 0 Å². The molecule has 1 fully saturated rings. The minimum absolute atomic E-state index is 0.263. The molecule has 1 aromatic rings. The summed E-state index contributed by atoms with van der Waals surface area (Å²) in [5.41, 5.74) is 1.54. The van der Waals surface area contributed by atoms with Crippen LogP contribution >= 0.6 is 0 Å². The zero-order valence-electron chi connectivity index (χ0n) is 10.8. The number of benzene rings is 1. The molecule has 0 aromatic heterocycles. The molecular weight excluding hydrogens is 212 g/mol. The Morgan fingerprint density at radius 1 is 1.35 bits per heavy atom. The Labute approximate surface area is 104 Å². The van der Waals surface area contributed by atoms with Crippen molar-refractivity contribution in [3.63, 3.8) is 0 Å². The van der Waals surface area contributed by atoms with Gasteiger partial charge in [0.05, 0.1) is 6.61 Å². The van der Waals surface area contributed by atoms with Crippen molar-refractivity contribution in [3.8, 4) is 0 Å². The molecule has 1 aliphatic heterocycles. The van der Waals surface area contributed by atoms with Gasteiger partial charge in [0.1, 0.15) is 0 Å². The number of rotatable bonds is 5. The van der Waals surface area contributed by atoms with Crippen LogP contribution in [0.2, 0.25) is 0 Å². The first-order valence-corrected chi connectivity index (χ1v) is 6.24. The van der Waals surface area contributed by atoms with Gasteiger partial charge in [-0.2, -0.15) is 0 Å². The fourth-order valence-corrected chi connectivity index (χ4v) is 2.62. The third-order valence-corrected chi connectivity index (χ3v) is 3.51. The van der Waals surface area contributed by atoms with Crippen LogP contribution < -0.4 is 10.2 Å². The van der Waals surface area contributed by atoms with Gasteiger partial charge < -0.3 is 15.0 Å². The predicted molar refractivity (Wildman–Crippen MR) is 71.5 cm³/mol. The molecule has 1 heterocycles. The quantitative estimate of drug-likeness (QED) is 0.840. The van der Waals surface area contributed by atoms with Gasteiger partial charge in [0.15, 0.2) is 0 Å². The highest BCUT2D eigenvalue weighted by Gasteiger charge is 2.35. The van der Waals surface area contributed by atoms with Crippen LogP contribution in [0.25, 0.3) is 0 Å². The second-order valence-electron chi connectivity index (χ2n) is 5.02. The van der Waals surface area contributed by atoms with Crippen molar-refractivity contribution in [2.45, 2.75) is 6.42 Å². The smallest absolute Gasteiger partial charge is 0.0552 e. The van der Waals surface area contributed by atoms with Crippen LogP contribution in [0.4, 0.5) is 5.69 Å². The van der Waals surface area contributed by atoms with E-state index in [1.165, 1.54) is 5.69 Å². The second-order valence-corrected chi connectivity index (χ2v) is 5.02. The van der Waals surface area contributed by atoms with Crippen molar-refractivity contribution in [1.82, 2.24) is 5.32 Å². The van der Waals surface area contributed by atoms with E-state index in [1.807, 2.05) is 7.05 Å². The van der Waals surface area contributed by atoms with E-state index in [2.05, 4.69) is 47.6 Å². The Morgan fingerprint density at radius 3 is 2.71 bits per heavy atom. The van der Waals surface area contributed by atoms with Gasteiger partial charge in [-0.1, -0.05) is 18.2 Å².